The van der Waals surface area contributed by atoms with Gasteiger partial charge in [-0.2, -0.15) is 0 Å². The highest BCUT2D eigenvalue weighted by Crippen LogP contribution is 2.88. The molecule has 7 heteroatoms. The van der Waals surface area contributed by atoms with Crippen LogP contribution in [0.2, 0.25) is 0 Å². The van der Waals surface area contributed by atoms with E-state index in [4.69, 9.17) is 9.47 Å². The third-order valence-corrected chi connectivity index (χ3v) is 29.7. The van der Waals surface area contributed by atoms with Crippen molar-refractivity contribution in [3.63, 3.8) is 0 Å². The molecule has 0 aromatic heterocycles. The van der Waals surface area contributed by atoms with Gasteiger partial charge < -0.3 is 24.8 Å². The first-order valence-electron chi connectivity index (χ1n) is 35.6. The van der Waals surface area contributed by atoms with Gasteiger partial charge in [0.05, 0.1) is 35.1 Å². The Kier molecular flexibility index (Phi) is 13.1. The zero-order valence-electron chi connectivity index (χ0n) is 52.9. The Morgan fingerprint density at radius 1 is 0.784 bits per heavy atom. The Morgan fingerprint density at radius 3 is 2.45 bits per heavy atom. The van der Waals surface area contributed by atoms with Crippen molar-refractivity contribution in [3.05, 3.63) is 142 Å². The quantitative estimate of drug-likeness (QED) is 0.0694. The fourth-order valence-electron chi connectivity index (χ4n) is 26.8. The molecule has 8 fully saturated rings. The molecule has 0 saturated heterocycles. The number of carbonyl (C=O) groups is 2. The third-order valence-electron chi connectivity index (χ3n) is 29.7. The maximum Gasteiger partial charge on any atom is 0.331 e. The average molecular weight is 1180 g/mol. The monoisotopic (exact) mass is 1180 g/mol. The number of aliphatic hydroxyl groups excluding tert-OH is 2. The molecule has 88 heavy (non-hydrogen) atoms. The number of benzene rings is 4. The van der Waals surface area contributed by atoms with Gasteiger partial charge in [0.15, 0.2) is 0 Å². The molecule has 462 valence electrons. The molecule has 7 nitrogen and oxygen atoms in total. The van der Waals surface area contributed by atoms with Crippen LogP contribution in [0.5, 0.6) is 0 Å². The molecule has 11 aliphatic carbocycles. The van der Waals surface area contributed by atoms with Crippen LogP contribution >= 0.6 is 0 Å². The number of esters is 2. The van der Waals surface area contributed by atoms with Crippen LogP contribution in [-0.2, 0) is 30.9 Å². The Labute approximate surface area is 523 Å². The van der Waals surface area contributed by atoms with Crippen LogP contribution in [0.25, 0.3) is 10.8 Å². The van der Waals surface area contributed by atoms with E-state index in [1.165, 1.54) is 88.0 Å². The number of rotatable bonds is 13. The number of aryl methyl sites for hydroxylation is 1. The summed E-state index contributed by atoms with van der Waals surface area (Å²) in [7, 11) is 0. The largest absolute Gasteiger partial charge is 0.462 e. The Hall–Kier alpha value is -5.00. The number of aliphatic hydroxyl groups is 3. The Morgan fingerprint density at radius 2 is 1.62 bits per heavy atom. The standard InChI is InChI=1S/C81H96O7/c1-50(17-14-20-51-18-6-4-7-19-51)28-31-65(82)81-66(83)33-37-75(3,73(81)64-47-74(2,34-12-11-27-67(84)88-64)80(81,86)38-32-52-41-68(85)87-48-52)61-44-62-58-25-15-21-53-29-30-59-60-26-10-13-36-77(60,56-22-8-5-9-23-56)46-63-71(70(59)69(53)58)79(62)45-55(61)42-54-43-57-24-16-35-76(57)39-40-78(63,49-76)72(54)79/h4-9,15,18-19,21-23,25,29-30,41-42,50,55,57,60-66,71-73,82-83,86H,10-11,13-14,16-17,20,24,26-28,31-33,35-40,43-49H2,1-3H3/t50-,55+,57+,60-,61-,62+,63+,64-,65+,66+,71-,72-,73+,74+,75+,76-,77-,78+,79-,80-,81+/m1/s1. The van der Waals surface area contributed by atoms with Crippen molar-refractivity contribution in [3.8, 4) is 11.8 Å². The highest BCUT2D eigenvalue weighted by molar-refractivity contribution is 5.93. The summed E-state index contributed by atoms with van der Waals surface area (Å²) in [5.74, 6) is 9.44. The lowest BCUT2D eigenvalue weighted by atomic mass is 9.33. The molecule has 0 radical (unpaired) electrons. The Bertz CT molecular complexity index is 3610. The minimum Gasteiger partial charge on any atom is -0.462 e. The van der Waals surface area contributed by atoms with E-state index in [1.807, 2.05) is 6.92 Å². The molecule has 4 aromatic carbocycles. The maximum atomic E-state index is 15.0. The van der Waals surface area contributed by atoms with E-state index < -0.39 is 46.1 Å². The van der Waals surface area contributed by atoms with E-state index in [2.05, 4.69) is 123 Å². The second-order valence-corrected chi connectivity index (χ2v) is 32.9. The lowest BCUT2D eigenvalue weighted by Crippen LogP contribution is -2.79. The van der Waals surface area contributed by atoms with Crippen molar-refractivity contribution < 1.29 is 34.4 Å². The average Bonchev–Trinajstić information content (AvgIpc) is 1.35. The molecule has 0 amide bonds. The molecule has 4 aromatic rings. The van der Waals surface area contributed by atoms with Gasteiger partial charge in [-0.05, 0) is 248 Å². The normalized spacial score (nSPS) is 44.2. The highest BCUT2D eigenvalue weighted by atomic mass is 16.5. The fourth-order valence-corrected chi connectivity index (χ4v) is 26.8. The van der Waals surface area contributed by atoms with Gasteiger partial charge in [0.25, 0.3) is 0 Å². The van der Waals surface area contributed by atoms with Gasteiger partial charge in [0.1, 0.15) is 12.7 Å². The molecule has 3 spiro atoms. The van der Waals surface area contributed by atoms with E-state index in [9.17, 15) is 24.9 Å². The van der Waals surface area contributed by atoms with Gasteiger partial charge in [-0.1, -0.05) is 148 Å². The lowest BCUT2D eigenvalue weighted by molar-refractivity contribution is -0.340. The van der Waals surface area contributed by atoms with Gasteiger partial charge in [-0.15, -0.1) is 5.92 Å². The summed E-state index contributed by atoms with van der Waals surface area (Å²) in [5.41, 5.74) is 6.21. The number of cyclic esters (lactones) is 1. The van der Waals surface area contributed by atoms with Gasteiger partial charge in [-0.3, -0.25) is 4.79 Å². The van der Waals surface area contributed by atoms with Gasteiger partial charge in [0, 0.05) is 30.3 Å². The zero-order valence-corrected chi connectivity index (χ0v) is 52.9. The third kappa shape index (κ3) is 7.61. The van der Waals surface area contributed by atoms with E-state index in [-0.39, 0.29) is 71.3 Å². The topological polar surface area (TPSA) is 113 Å². The van der Waals surface area contributed by atoms with Crippen molar-refractivity contribution >= 4 is 22.7 Å². The lowest BCUT2D eigenvalue weighted by Gasteiger charge is -2.73. The molecule has 0 unspecified atom stereocenters. The second kappa shape index (κ2) is 20.2. The van der Waals surface area contributed by atoms with Crippen LogP contribution in [0.1, 0.15) is 227 Å². The summed E-state index contributed by atoms with van der Waals surface area (Å²) in [6.07, 6.45) is 26.1. The van der Waals surface area contributed by atoms with Crippen molar-refractivity contribution in [1.82, 2.24) is 0 Å². The number of hydrogen-bond acceptors (Lipinski definition) is 7. The predicted molar refractivity (Wildman–Crippen MR) is 344 cm³/mol. The van der Waals surface area contributed by atoms with Crippen LogP contribution in [0.3, 0.4) is 0 Å². The van der Waals surface area contributed by atoms with Crippen LogP contribution in [-0.4, -0.2) is 57.8 Å². The van der Waals surface area contributed by atoms with Gasteiger partial charge >= 0.3 is 11.9 Å². The maximum absolute atomic E-state index is 15.0. The molecule has 8 saturated carbocycles. The molecular weight excluding hydrogens is 1080 g/mol. The number of carbonyl (C=O) groups excluding carboxylic acids is 2. The van der Waals surface area contributed by atoms with Crippen molar-refractivity contribution in [1.29, 1.82) is 0 Å². The van der Waals surface area contributed by atoms with Crippen LogP contribution in [0.15, 0.2) is 114 Å². The predicted octanol–water partition coefficient (Wildman–Crippen LogP) is 16.3. The summed E-state index contributed by atoms with van der Waals surface area (Å²) >= 11 is 0. The minimum absolute atomic E-state index is 0.0290. The molecule has 3 N–H and O–H groups in total. The summed E-state index contributed by atoms with van der Waals surface area (Å²) in [6.45, 7) is 7.02. The molecule has 2 aliphatic heterocycles. The molecule has 17 rings (SSSR count). The molecular formula is C81H96O7. The molecule has 2 heterocycles. The van der Waals surface area contributed by atoms with E-state index in [0.29, 0.717) is 73.5 Å². The number of ether oxygens (including phenoxy) is 2. The second-order valence-electron chi connectivity index (χ2n) is 32.9. The summed E-state index contributed by atoms with van der Waals surface area (Å²) < 4.78 is 12.6. The molecule has 6 bridgehead atoms. The molecule has 13 aliphatic rings. The van der Waals surface area contributed by atoms with Crippen molar-refractivity contribution in [2.24, 2.45) is 73.9 Å². The summed E-state index contributed by atoms with van der Waals surface area (Å²) in [6, 6.07) is 35.4. The van der Waals surface area contributed by atoms with E-state index in [0.717, 1.165) is 44.1 Å². The first-order valence-corrected chi connectivity index (χ1v) is 35.6. The highest BCUT2D eigenvalue weighted by Gasteiger charge is 2.82. The van der Waals surface area contributed by atoms with Crippen LogP contribution in [0.4, 0.5) is 0 Å². The summed E-state index contributed by atoms with van der Waals surface area (Å²) in [4.78, 5) is 27.4. The van der Waals surface area contributed by atoms with Gasteiger partial charge in [0.2, 0.25) is 0 Å². The van der Waals surface area contributed by atoms with Crippen molar-refractivity contribution in [2.75, 3.05) is 6.61 Å². The van der Waals surface area contributed by atoms with E-state index >= 15 is 0 Å². The molecule has 21 atom stereocenters. The number of fused-ring (bicyclic) bond motifs is 8. The van der Waals surface area contributed by atoms with Crippen LogP contribution in [0, 0.1) is 85.8 Å². The van der Waals surface area contributed by atoms with Crippen LogP contribution < -0.4 is 0 Å². The SMILES string of the molecule is C[C@H](CCCc1ccccc1)CC[C@H](O)[C@]12[C@@H](O)CC[C@@](C)([C@@H]3C[C@H]4c5cccc6ccc7c(c56)[C@H]5[C@H](C[C@@]6(c8ccccc8)CCCC[C@H]76)[C@@]67CC[C@]8(CCC[C@H]8CC8=C[C@H]3C[C@@]45[C@H]86)C7)[C@@H]1[C@H]1C[C@](C)(C#CCCC(=O)O1)[C@]2(O)CCC1=CC(=O)OC1. The smallest absolute Gasteiger partial charge is 0.331 e. The first-order chi connectivity index (χ1) is 42.6. The zero-order chi connectivity index (χ0) is 59.8. The van der Waals surface area contributed by atoms with E-state index in [1.54, 1.807) is 39.3 Å². The Balaban J connectivity index is 0.856. The first kappa shape index (κ1) is 56.9. The number of allylic oxidation sites excluding steroid dienone is 2. The van der Waals surface area contributed by atoms with Gasteiger partial charge in [-0.25, -0.2) is 4.79 Å². The fraction of sp³-hybridized carbons (Fsp3) is 0.630. The minimum atomic E-state index is -1.76. The van der Waals surface area contributed by atoms with Crippen molar-refractivity contribution in [2.45, 2.75) is 235 Å². The number of hydrogen-bond donors (Lipinski definition) is 3. The summed E-state index contributed by atoms with van der Waals surface area (Å²) in [5, 5.41) is 46.0.